The molecule has 5 rings (SSSR count). The van der Waals surface area contributed by atoms with Crippen LogP contribution < -0.4 is 20.3 Å². The zero-order chi connectivity index (χ0) is 24.4. The maximum absolute atomic E-state index is 11.8. The molecule has 3 heterocycles. The number of pyridine rings is 1. The number of aromatic nitrogens is 2. The van der Waals surface area contributed by atoms with E-state index >= 15 is 0 Å². The van der Waals surface area contributed by atoms with E-state index in [9.17, 15) is 4.79 Å². The largest absolute Gasteiger partial charge is 0.495 e. The lowest BCUT2D eigenvalue weighted by molar-refractivity contribution is -0.114. The van der Waals surface area contributed by atoms with Crippen molar-refractivity contribution in [2.75, 3.05) is 17.3 Å². The first-order chi connectivity index (χ1) is 17.1. The number of anilines is 2. The third-order valence-corrected chi connectivity index (χ3v) is 6.30. The Morgan fingerprint density at radius 3 is 2.54 bits per heavy atom. The van der Waals surface area contributed by atoms with Crippen molar-refractivity contribution in [3.05, 3.63) is 103 Å². The predicted octanol–water partition coefficient (Wildman–Crippen LogP) is 5.02. The standard InChI is InChI=1S/C27H25N5O2S/c1-18(33)29-22-17-20(13-14-24(22)34-2)32-26(25(30-27(32)35)21-11-6-7-15-28-21)23-12-8-16-31(23)19-9-4-3-5-10-19/h3-17,25-26H,1-2H3,(H,29,33)(H,30,35)/t25-,26-/m0/s1. The van der Waals surface area contributed by atoms with Crippen molar-refractivity contribution in [1.29, 1.82) is 0 Å². The lowest BCUT2D eigenvalue weighted by Gasteiger charge is -2.29. The Kier molecular flexibility index (Phi) is 6.20. The predicted molar refractivity (Wildman–Crippen MR) is 141 cm³/mol. The maximum atomic E-state index is 11.8. The van der Waals surface area contributed by atoms with E-state index in [4.69, 9.17) is 17.0 Å². The number of nitrogens with one attached hydrogen (secondary N) is 2. The summed E-state index contributed by atoms with van der Waals surface area (Å²) in [5.74, 6) is 0.399. The van der Waals surface area contributed by atoms with Gasteiger partial charge >= 0.3 is 0 Å². The van der Waals surface area contributed by atoms with Crippen LogP contribution >= 0.6 is 12.2 Å². The van der Waals surface area contributed by atoms with E-state index in [1.54, 1.807) is 13.3 Å². The molecule has 2 aromatic carbocycles. The van der Waals surface area contributed by atoms with E-state index < -0.39 is 0 Å². The van der Waals surface area contributed by atoms with Crippen LogP contribution in [0.2, 0.25) is 0 Å². The highest BCUT2D eigenvalue weighted by Gasteiger charge is 2.42. The molecule has 1 amide bonds. The number of hydrogen-bond acceptors (Lipinski definition) is 4. The Morgan fingerprint density at radius 1 is 1.03 bits per heavy atom. The molecule has 1 saturated heterocycles. The zero-order valence-electron chi connectivity index (χ0n) is 19.4. The average molecular weight is 484 g/mol. The smallest absolute Gasteiger partial charge is 0.221 e. The SMILES string of the molecule is COc1ccc(N2C(=S)N[C@@H](c3ccccn3)[C@@H]2c2cccn2-c2ccccc2)cc1NC(C)=O. The number of amides is 1. The maximum Gasteiger partial charge on any atom is 0.221 e. The van der Waals surface area contributed by atoms with Gasteiger partial charge < -0.3 is 24.8 Å². The number of methoxy groups -OCH3 is 1. The van der Waals surface area contributed by atoms with Crippen molar-refractivity contribution in [3.63, 3.8) is 0 Å². The molecule has 0 aliphatic carbocycles. The third kappa shape index (κ3) is 4.36. The van der Waals surface area contributed by atoms with Crippen LogP contribution in [0.5, 0.6) is 5.75 Å². The molecule has 1 aliphatic rings. The van der Waals surface area contributed by atoms with E-state index in [2.05, 4.69) is 49.5 Å². The minimum atomic E-state index is -0.203. The van der Waals surface area contributed by atoms with Gasteiger partial charge in [-0.05, 0) is 66.8 Å². The van der Waals surface area contributed by atoms with Gasteiger partial charge in [0.2, 0.25) is 5.91 Å². The molecule has 0 unspecified atom stereocenters. The molecule has 1 fully saturated rings. The van der Waals surface area contributed by atoms with Gasteiger partial charge in [0.05, 0.1) is 24.5 Å². The minimum absolute atomic E-state index is 0.177. The number of benzene rings is 2. The highest BCUT2D eigenvalue weighted by Crippen LogP contribution is 2.43. The summed E-state index contributed by atoms with van der Waals surface area (Å²) in [7, 11) is 1.58. The van der Waals surface area contributed by atoms with Gasteiger partial charge in [-0.3, -0.25) is 9.78 Å². The highest BCUT2D eigenvalue weighted by atomic mass is 32.1. The lowest BCUT2D eigenvalue weighted by atomic mass is 10.0. The first kappa shape index (κ1) is 22.6. The summed E-state index contributed by atoms with van der Waals surface area (Å²) in [6.45, 7) is 1.47. The highest BCUT2D eigenvalue weighted by molar-refractivity contribution is 7.80. The van der Waals surface area contributed by atoms with E-state index in [0.717, 1.165) is 22.8 Å². The number of carbonyl (C=O) groups excluding carboxylic acids is 1. The number of rotatable bonds is 6. The van der Waals surface area contributed by atoms with Crippen molar-refractivity contribution in [2.45, 2.75) is 19.0 Å². The monoisotopic (exact) mass is 483 g/mol. The molecule has 2 aromatic heterocycles. The van der Waals surface area contributed by atoms with E-state index in [1.807, 2.05) is 60.7 Å². The molecular formula is C27H25N5O2S. The van der Waals surface area contributed by atoms with E-state index in [-0.39, 0.29) is 18.0 Å². The van der Waals surface area contributed by atoms with Gasteiger partial charge in [0, 0.05) is 36.4 Å². The molecule has 176 valence electrons. The minimum Gasteiger partial charge on any atom is -0.495 e. The Balaban J connectivity index is 1.66. The van der Waals surface area contributed by atoms with Crippen LogP contribution in [0.25, 0.3) is 5.69 Å². The molecule has 4 aromatic rings. The van der Waals surface area contributed by atoms with E-state index in [1.165, 1.54) is 6.92 Å². The summed E-state index contributed by atoms with van der Waals surface area (Å²) < 4.78 is 7.63. The van der Waals surface area contributed by atoms with Crippen LogP contribution in [-0.2, 0) is 4.79 Å². The van der Waals surface area contributed by atoms with Crippen molar-refractivity contribution in [3.8, 4) is 11.4 Å². The summed E-state index contributed by atoms with van der Waals surface area (Å²) in [5.41, 5.74) is 4.41. The van der Waals surface area contributed by atoms with Gasteiger partial charge in [-0.25, -0.2) is 0 Å². The van der Waals surface area contributed by atoms with Crippen LogP contribution in [0.15, 0.2) is 91.3 Å². The molecule has 0 bridgehead atoms. The molecule has 7 nitrogen and oxygen atoms in total. The second-order valence-corrected chi connectivity index (χ2v) is 8.59. The van der Waals surface area contributed by atoms with Gasteiger partial charge in [0.1, 0.15) is 11.8 Å². The fourth-order valence-electron chi connectivity index (χ4n) is 4.53. The molecule has 0 spiro atoms. The number of hydrogen-bond donors (Lipinski definition) is 2. The van der Waals surface area contributed by atoms with Crippen LogP contribution in [0.3, 0.4) is 0 Å². The van der Waals surface area contributed by atoms with Gasteiger partial charge in [-0.1, -0.05) is 24.3 Å². The van der Waals surface area contributed by atoms with Crippen LogP contribution in [0.4, 0.5) is 11.4 Å². The summed E-state index contributed by atoms with van der Waals surface area (Å²) in [5, 5.41) is 6.92. The molecule has 8 heteroatoms. The Labute approximate surface area is 209 Å². The van der Waals surface area contributed by atoms with Gasteiger partial charge in [0.15, 0.2) is 5.11 Å². The molecule has 2 atom stereocenters. The molecule has 2 N–H and O–H groups in total. The van der Waals surface area contributed by atoms with Crippen molar-refractivity contribution in [2.24, 2.45) is 0 Å². The number of carbonyl (C=O) groups is 1. The van der Waals surface area contributed by atoms with Gasteiger partial charge in [-0.2, -0.15) is 0 Å². The molecule has 0 saturated carbocycles. The Bertz CT molecular complexity index is 1360. The lowest BCUT2D eigenvalue weighted by Crippen LogP contribution is -2.30. The third-order valence-electron chi connectivity index (χ3n) is 5.99. The van der Waals surface area contributed by atoms with Crippen molar-refractivity contribution >= 4 is 34.6 Å². The zero-order valence-corrected chi connectivity index (χ0v) is 20.2. The van der Waals surface area contributed by atoms with Gasteiger partial charge in [-0.15, -0.1) is 0 Å². The quantitative estimate of drug-likeness (QED) is 0.376. The summed E-state index contributed by atoms with van der Waals surface area (Å²) in [6.07, 6.45) is 3.84. The fourth-order valence-corrected chi connectivity index (χ4v) is 4.87. The van der Waals surface area contributed by atoms with Crippen molar-refractivity contribution in [1.82, 2.24) is 14.9 Å². The number of nitrogens with zero attached hydrogens (tertiary/aromatic N) is 3. The van der Waals surface area contributed by atoms with Gasteiger partial charge in [0.25, 0.3) is 0 Å². The van der Waals surface area contributed by atoms with E-state index in [0.29, 0.717) is 16.5 Å². The topological polar surface area (TPSA) is 71.4 Å². The molecule has 0 radical (unpaired) electrons. The first-order valence-electron chi connectivity index (χ1n) is 11.3. The Morgan fingerprint density at radius 2 is 1.83 bits per heavy atom. The van der Waals surface area contributed by atoms with Crippen LogP contribution in [-0.4, -0.2) is 27.7 Å². The van der Waals surface area contributed by atoms with Crippen LogP contribution in [0.1, 0.15) is 30.4 Å². The second-order valence-electron chi connectivity index (χ2n) is 8.20. The second kappa shape index (κ2) is 9.60. The number of ether oxygens (including phenoxy) is 1. The average Bonchev–Trinajstić information content (AvgIpc) is 3.49. The number of thiocarbonyl (C=S) groups is 1. The Hall–Kier alpha value is -4.17. The summed E-state index contributed by atoms with van der Waals surface area (Å²) >= 11 is 5.86. The fraction of sp³-hybridized carbons (Fsp3) is 0.148. The normalized spacial score (nSPS) is 17.2. The summed E-state index contributed by atoms with van der Waals surface area (Å²) in [4.78, 5) is 18.6. The number of para-hydroxylation sites is 1. The molecule has 1 aliphatic heterocycles. The van der Waals surface area contributed by atoms with Crippen molar-refractivity contribution < 1.29 is 9.53 Å². The van der Waals surface area contributed by atoms with Crippen LogP contribution in [0, 0.1) is 0 Å². The summed E-state index contributed by atoms with van der Waals surface area (Å²) in [6, 6.07) is 25.5. The first-order valence-corrected chi connectivity index (χ1v) is 11.7. The molecule has 35 heavy (non-hydrogen) atoms. The molecular weight excluding hydrogens is 458 g/mol.